The van der Waals surface area contributed by atoms with Gasteiger partial charge in [0.2, 0.25) is 0 Å². The van der Waals surface area contributed by atoms with Crippen LogP contribution in [0.5, 0.6) is 0 Å². The van der Waals surface area contributed by atoms with Gasteiger partial charge in [-0.3, -0.25) is 9.98 Å². The predicted octanol–water partition coefficient (Wildman–Crippen LogP) is 7.21. The topological polar surface area (TPSA) is 37.6 Å². The van der Waals surface area contributed by atoms with Crippen molar-refractivity contribution < 1.29 is 17.1 Å². The summed E-state index contributed by atoms with van der Waals surface area (Å²) in [6, 6.07) is 50.1. The molecular weight excluding hydrogens is 627 g/mol. The molecule has 0 bridgehead atoms. The molecule has 0 N–H and O–H groups in total. The SMILES string of the molecule is CC(=NCCC[PH+](c1ccccc1)c1ccccc1)c1cccc(C(C)=NCCC[PH+](c2ccccc2)c2ccccc2)n1.[Mn]. The van der Waals surface area contributed by atoms with Crippen LogP contribution in [0.2, 0.25) is 0 Å². The Balaban J connectivity index is 0.00000461. The molecule has 1 aromatic heterocycles. The molecule has 0 saturated carbocycles. The number of pyridine rings is 1. The monoisotopic (exact) mass is 670 g/mol. The van der Waals surface area contributed by atoms with E-state index in [0.29, 0.717) is 0 Å². The molecule has 4 aromatic carbocycles. The van der Waals surface area contributed by atoms with Gasteiger partial charge in [0.25, 0.3) is 0 Å². The second kappa shape index (κ2) is 18.7. The Morgan fingerprint density at radius 1 is 0.467 bits per heavy atom. The molecular formula is C39H43MnN3P2+2. The quantitative estimate of drug-likeness (QED) is 0.0533. The van der Waals surface area contributed by atoms with Crippen LogP contribution >= 0.6 is 15.8 Å². The van der Waals surface area contributed by atoms with Crippen LogP contribution in [-0.2, 0) is 17.1 Å². The Kier molecular flexibility index (Phi) is 14.4. The van der Waals surface area contributed by atoms with E-state index in [1.165, 1.54) is 21.2 Å². The van der Waals surface area contributed by atoms with Crippen molar-refractivity contribution >= 4 is 48.5 Å². The van der Waals surface area contributed by atoms with Crippen LogP contribution in [0.3, 0.4) is 0 Å². The van der Waals surface area contributed by atoms with Gasteiger partial charge >= 0.3 is 0 Å². The molecule has 0 aliphatic carbocycles. The van der Waals surface area contributed by atoms with Crippen LogP contribution in [0.15, 0.2) is 150 Å². The van der Waals surface area contributed by atoms with E-state index in [0.717, 1.165) is 61.1 Å². The van der Waals surface area contributed by atoms with E-state index in [4.69, 9.17) is 15.0 Å². The van der Waals surface area contributed by atoms with Crippen molar-refractivity contribution in [1.29, 1.82) is 0 Å². The average Bonchev–Trinajstić information content (AvgIpc) is 3.09. The fourth-order valence-corrected chi connectivity index (χ4v) is 10.7. The van der Waals surface area contributed by atoms with Crippen LogP contribution in [0.1, 0.15) is 38.1 Å². The van der Waals surface area contributed by atoms with Gasteiger partial charge in [0, 0.05) is 43.0 Å². The minimum Gasteiger partial charge on any atom is -0.288 e. The van der Waals surface area contributed by atoms with Gasteiger partial charge in [-0.15, -0.1) is 0 Å². The van der Waals surface area contributed by atoms with Crippen molar-refractivity contribution in [3.8, 4) is 0 Å². The zero-order valence-electron chi connectivity index (χ0n) is 26.2. The summed E-state index contributed by atoms with van der Waals surface area (Å²) in [5, 5.41) is 5.86. The zero-order chi connectivity index (χ0) is 30.4. The van der Waals surface area contributed by atoms with Gasteiger partial charge in [-0.1, -0.05) is 78.9 Å². The molecule has 3 nitrogen and oxygen atoms in total. The number of rotatable bonds is 14. The van der Waals surface area contributed by atoms with E-state index in [2.05, 4.69) is 153 Å². The van der Waals surface area contributed by atoms with Gasteiger partial charge in [0.15, 0.2) is 0 Å². The molecule has 0 unspecified atom stereocenters. The summed E-state index contributed by atoms with van der Waals surface area (Å²) in [5.74, 6) is 0. The number of nitrogens with zero attached hydrogens (tertiary/aromatic N) is 3. The summed E-state index contributed by atoms with van der Waals surface area (Å²) < 4.78 is 0. The van der Waals surface area contributed by atoms with Gasteiger partial charge in [0.1, 0.15) is 0 Å². The third-order valence-corrected chi connectivity index (χ3v) is 13.7. The Labute approximate surface area is 282 Å². The first-order chi connectivity index (χ1) is 21.7. The van der Waals surface area contributed by atoms with Crippen molar-refractivity contribution in [2.45, 2.75) is 26.7 Å². The largest absolute Gasteiger partial charge is 0.288 e. The van der Waals surface area contributed by atoms with Crippen LogP contribution in [-0.4, -0.2) is 41.8 Å². The molecule has 1 heterocycles. The molecule has 6 heteroatoms. The Morgan fingerprint density at radius 3 is 1.09 bits per heavy atom. The molecule has 0 saturated heterocycles. The standard InChI is InChI=1S/C39H41N3P2.Mn/c1-32(40-28-16-30-43(34-18-7-3-8-19-34)35-20-9-4-10-21-35)38-26-15-27-39(42-38)33(2)41-29-17-31-44(36-22-11-5-12-23-36)37-24-13-6-14-25-37;/h3-15,18-27H,16-17,28-31H2,1-2H3;/p+2. The predicted molar refractivity (Wildman–Crippen MR) is 198 cm³/mol. The van der Waals surface area contributed by atoms with E-state index in [-0.39, 0.29) is 17.1 Å². The zero-order valence-corrected chi connectivity index (χ0v) is 29.4. The van der Waals surface area contributed by atoms with E-state index in [1.807, 2.05) is 0 Å². The van der Waals surface area contributed by atoms with Crippen molar-refractivity contribution in [2.75, 3.05) is 25.4 Å². The maximum atomic E-state index is 4.94. The molecule has 229 valence electrons. The van der Waals surface area contributed by atoms with Gasteiger partial charge < -0.3 is 0 Å². The summed E-state index contributed by atoms with van der Waals surface area (Å²) in [5.41, 5.74) is 3.86. The Hall–Kier alpha value is -3.25. The van der Waals surface area contributed by atoms with Gasteiger partial charge in [-0.05, 0) is 74.5 Å². The minimum absolute atomic E-state index is 0. The molecule has 0 aliphatic heterocycles. The van der Waals surface area contributed by atoms with Gasteiger partial charge in [-0.25, -0.2) is 4.98 Å². The summed E-state index contributed by atoms with van der Waals surface area (Å²) in [6.07, 6.45) is 4.44. The first kappa shape index (κ1) is 34.6. The third-order valence-electron chi connectivity index (χ3n) is 7.85. The maximum Gasteiger partial charge on any atom is 0.0966 e. The molecule has 5 aromatic rings. The fourth-order valence-electron chi connectivity index (χ4n) is 5.47. The first-order valence-electron chi connectivity index (χ1n) is 15.6. The molecule has 0 aliphatic rings. The molecule has 5 rings (SSSR count). The van der Waals surface area contributed by atoms with Crippen LogP contribution < -0.4 is 21.2 Å². The van der Waals surface area contributed by atoms with E-state index in [9.17, 15) is 0 Å². The Bertz CT molecular complexity index is 1430. The van der Waals surface area contributed by atoms with Crippen LogP contribution in [0.4, 0.5) is 0 Å². The molecule has 0 fully saturated rings. The van der Waals surface area contributed by atoms with Crippen molar-refractivity contribution in [3.63, 3.8) is 0 Å². The second-order valence-electron chi connectivity index (χ2n) is 11.0. The average molecular weight is 671 g/mol. The van der Waals surface area contributed by atoms with Crippen molar-refractivity contribution in [1.82, 2.24) is 4.98 Å². The van der Waals surface area contributed by atoms with E-state index in [1.54, 1.807) is 0 Å². The molecule has 0 spiro atoms. The summed E-state index contributed by atoms with van der Waals surface area (Å²) in [7, 11) is -1.65. The molecule has 45 heavy (non-hydrogen) atoms. The minimum atomic E-state index is -0.826. The fraction of sp³-hybridized carbons (Fsp3) is 0.205. The van der Waals surface area contributed by atoms with Crippen LogP contribution in [0.25, 0.3) is 0 Å². The van der Waals surface area contributed by atoms with Crippen molar-refractivity contribution in [3.05, 3.63) is 151 Å². The normalized spacial score (nSPS) is 11.9. The van der Waals surface area contributed by atoms with Crippen LogP contribution in [0, 0.1) is 0 Å². The molecule has 1 radical (unpaired) electrons. The van der Waals surface area contributed by atoms with E-state index < -0.39 is 15.8 Å². The summed E-state index contributed by atoms with van der Waals surface area (Å²) in [6.45, 7) is 5.78. The van der Waals surface area contributed by atoms with Gasteiger partial charge in [0.05, 0.1) is 72.2 Å². The summed E-state index contributed by atoms with van der Waals surface area (Å²) in [4.78, 5) is 14.8. The molecule has 0 amide bonds. The second-order valence-corrected chi connectivity index (χ2v) is 16.2. The van der Waals surface area contributed by atoms with Gasteiger partial charge in [-0.2, -0.15) is 0 Å². The number of benzene rings is 4. The number of aromatic nitrogens is 1. The molecule has 0 atom stereocenters. The Morgan fingerprint density at radius 2 is 0.778 bits per heavy atom. The number of aliphatic imine (C=N–C) groups is 2. The van der Waals surface area contributed by atoms with E-state index >= 15 is 0 Å². The first-order valence-corrected chi connectivity index (χ1v) is 19.0. The third kappa shape index (κ3) is 10.4. The number of hydrogen-bond acceptors (Lipinski definition) is 3. The maximum absolute atomic E-state index is 4.94. The van der Waals surface area contributed by atoms with Crippen molar-refractivity contribution in [2.24, 2.45) is 9.98 Å². The smallest absolute Gasteiger partial charge is 0.0966 e. The summed E-state index contributed by atoms with van der Waals surface area (Å²) >= 11 is 0. The number of hydrogen-bond donors (Lipinski definition) is 0.